The average Bonchev–Trinajstić information content (AvgIpc) is 2.26. The molecule has 1 aromatic carbocycles. The highest BCUT2D eigenvalue weighted by molar-refractivity contribution is 5.27. The summed E-state index contributed by atoms with van der Waals surface area (Å²) in [6.45, 7) is 2.55. The first-order chi connectivity index (χ1) is 7.88. The van der Waals surface area contributed by atoms with Crippen LogP contribution < -0.4 is 10.1 Å². The highest BCUT2D eigenvalue weighted by Crippen LogP contribution is 2.12. The van der Waals surface area contributed by atoms with Gasteiger partial charge in [-0.25, -0.2) is 0 Å². The Kier molecular flexibility index (Phi) is 3.76. The van der Waals surface area contributed by atoms with Crippen LogP contribution >= 0.6 is 0 Å². The van der Waals surface area contributed by atoms with Crippen LogP contribution in [0.4, 0.5) is 0 Å². The molecule has 0 radical (unpaired) electrons. The van der Waals surface area contributed by atoms with E-state index >= 15 is 0 Å². The van der Waals surface area contributed by atoms with Gasteiger partial charge in [0.15, 0.2) is 6.61 Å². The summed E-state index contributed by atoms with van der Waals surface area (Å²) in [6.07, 6.45) is 0. The van der Waals surface area contributed by atoms with Gasteiger partial charge in [-0.1, -0.05) is 12.1 Å². The largest absolute Gasteiger partial charge is 0.479 e. The average molecular weight is 218 g/mol. The second kappa shape index (κ2) is 5.50. The Hall–Kier alpha value is -1.57. The van der Waals surface area contributed by atoms with Gasteiger partial charge in [-0.2, -0.15) is 5.26 Å². The van der Waals surface area contributed by atoms with Gasteiger partial charge in [0.05, 0.1) is 19.3 Å². The first-order valence-corrected chi connectivity index (χ1v) is 5.28. The topological polar surface area (TPSA) is 54.3 Å². The van der Waals surface area contributed by atoms with E-state index in [4.69, 9.17) is 14.7 Å². The van der Waals surface area contributed by atoms with Crippen molar-refractivity contribution in [2.75, 3.05) is 19.8 Å². The van der Waals surface area contributed by atoms with Crippen LogP contribution in [-0.2, 0) is 11.3 Å². The fourth-order valence-corrected chi connectivity index (χ4v) is 1.43. The summed E-state index contributed by atoms with van der Waals surface area (Å²) in [4.78, 5) is 0. The second-order valence-electron chi connectivity index (χ2n) is 3.71. The molecule has 1 aliphatic rings. The molecule has 2 rings (SSSR count). The summed E-state index contributed by atoms with van der Waals surface area (Å²) in [5, 5.41) is 11.7. The van der Waals surface area contributed by atoms with Crippen LogP contribution in [0.2, 0.25) is 0 Å². The van der Waals surface area contributed by atoms with E-state index in [-0.39, 0.29) is 6.61 Å². The molecule has 1 N–H and O–H groups in total. The lowest BCUT2D eigenvalue weighted by Crippen LogP contribution is -2.45. The minimum Gasteiger partial charge on any atom is -0.479 e. The number of benzene rings is 1. The van der Waals surface area contributed by atoms with Crippen LogP contribution in [0.25, 0.3) is 0 Å². The number of nitrogens with one attached hydrogen (secondary N) is 1. The summed E-state index contributed by atoms with van der Waals surface area (Å²) >= 11 is 0. The zero-order valence-corrected chi connectivity index (χ0v) is 8.98. The van der Waals surface area contributed by atoms with Gasteiger partial charge in [0.1, 0.15) is 11.8 Å². The lowest BCUT2D eigenvalue weighted by atomic mass is 10.2. The molecule has 1 aromatic rings. The molecule has 1 fully saturated rings. The SMILES string of the molecule is N#CCOc1ccc(CNC2COC2)cc1. The molecule has 1 saturated heterocycles. The molecule has 1 heterocycles. The van der Waals surface area contributed by atoms with Gasteiger partial charge in [-0.15, -0.1) is 0 Å². The lowest BCUT2D eigenvalue weighted by Gasteiger charge is -2.27. The second-order valence-corrected chi connectivity index (χ2v) is 3.71. The number of hydrogen-bond acceptors (Lipinski definition) is 4. The molecule has 4 nitrogen and oxygen atoms in total. The molecule has 0 unspecified atom stereocenters. The predicted molar refractivity (Wildman–Crippen MR) is 59.0 cm³/mol. The highest BCUT2D eigenvalue weighted by atomic mass is 16.5. The Morgan fingerprint density at radius 3 is 2.69 bits per heavy atom. The molecular formula is C12H14N2O2. The maximum atomic E-state index is 8.36. The quantitative estimate of drug-likeness (QED) is 0.803. The van der Waals surface area contributed by atoms with E-state index < -0.39 is 0 Å². The van der Waals surface area contributed by atoms with E-state index in [2.05, 4.69) is 5.32 Å². The van der Waals surface area contributed by atoms with Gasteiger partial charge in [-0.05, 0) is 17.7 Å². The fourth-order valence-electron chi connectivity index (χ4n) is 1.43. The molecule has 84 valence electrons. The normalized spacial score (nSPS) is 15.2. The number of nitriles is 1. The molecule has 0 aromatic heterocycles. The van der Waals surface area contributed by atoms with Crippen molar-refractivity contribution in [1.82, 2.24) is 5.32 Å². The van der Waals surface area contributed by atoms with Gasteiger partial charge < -0.3 is 14.8 Å². The molecule has 0 spiro atoms. The molecule has 1 aliphatic heterocycles. The number of rotatable bonds is 5. The Morgan fingerprint density at radius 1 is 1.38 bits per heavy atom. The van der Waals surface area contributed by atoms with Crippen molar-refractivity contribution < 1.29 is 9.47 Å². The molecule has 0 aliphatic carbocycles. The lowest BCUT2D eigenvalue weighted by molar-refractivity contribution is -0.00578. The number of ether oxygens (including phenoxy) is 2. The monoisotopic (exact) mass is 218 g/mol. The first-order valence-electron chi connectivity index (χ1n) is 5.28. The first kappa shape index (κ1) is 10.9. The zero-order chi connectivity index (χ0) is 11.2. The van der Waals surface area contributed by atoms with Gasteiger partial charge >= 0.3 is 0 Å². The van der Waals surface area contributed by atoms with Crippen molar-refractivity contribution in [3.8, 4) is 11.8 Å². The maximum absolute atomic E-state index is 8.36. The molecule has 4 heteroatoms. The summed E-state index contributed by atoms with van der Waals surface area (Å²) in [6, 6.07) is 10.2. The molecule has 0 atom stereocenters. The molecular weight excluding hydrogens is 204 g/mol. The van der Waals surface area contributed by atoms with E-state index in [9.17, 15) is 0 Å². The van der Waals surface area contributed by atoms with Gasteiger partial charge in [0.25, 0.3) is 0 Å². The van der Waals surface area contributed by atoms with E-state index in [0.29, 0.717) is 6.04 Å². The third kappa shape index (κ3) is 2.96. The molecule has 0 saturated carbocycles. The summed E-state index contributed by atoms with van der Waals surface area (Å²) in [5.41, 5.74) is 1.20. The Bertz CT molecular complexity index is 366. The highest BCUT2D eigenvalue weighted by Gasteiger charge is 2.16. The fraction of sp³-hybridized carbons (Fsp3) is 0.417. The summed E-state index contributed by atoms with van der Waals surface area (Å²) in [5.74, 6) is 0.734. The molecule has 0 bridgehead atoms. The smallest absolute Gasteiger partial charge is 0.174 e. The van der Waals surface area contributed by atoms with Crippen molar-refractivity contribution in [2.45, 2.75) is 12.6 Å². The zero-order valence-electron chi connectivity index (χ0n) is 8.98. The predicted octanol–water partition coefficient (Wildman–Crippen LogP) is 1.08. The minimum absolute atomic E-state index is 0.0943. The van der Waals surface area contributed by atoms with Crippen LogP contribution in [0, 0.1) is 11.3 Å². The van der Waals surface area contributed by atoms with Gasteiger partial charge in [-0.3, -0.25) is 0 Å². The molecule has 16 heavy (non-hydrogen) atoms. The van der Waals surface area contributed by atoms with Crippen LogP contribution in [0.5, 0.6) is 5.75 Å². The van der Waals surface area contributed by atoms with Crippen molar-refractivity contribution in [3.63, 3.8) is 0 Å². The Morgan fingerprint density at radius 2 is 2.12 bits per heavy atom. The molecule has 0 amide bonds. The van der Waals surface area contributed by atoms with Crippen LogP contribution in [-0.4, -0.2) is 25.9 Å². The third-order valence-electron chi connectivity index (χ3n) is 2.46. The Balaban J connectivity index is 1.79. The summed E-state index contributed by atoms with van der Waals surface area (Å²) < 4.78 is 10.2. The van der Waals surface area contributed by atoms with Crippen LogP contribution in [0.3, 0.4) is 0 Å². The van der Waals surface area contributed by atoms with E-state index in [1.165, 1.54) is 5.56 Å². The van der Waals surface area contributed by atoms with Crippen molar-refractivity contribution in [1.29, 1.82) is 5.26 Å². The minimum atomic E-state index is 0.0943. The Labute approximate surface area is 94.8 Å². The van der Waals surface area contributed by atoms with Crippen molar-refractivity contribution >= 4 is 0 Å². The number of nitrogens with zero attached hydrogens (tertiary/aromatic N) is 1. The standard InChI is InChI=1S/C12H14N2O2/c13-5-6-16-12-3-1-10(2-4-12)7-14-11-8-15-9-11/h1-4,11,14H,6-9H2. The maximum Gasteiger partial charge on any atom is 0.174 e. The van der Waals surface area contributed by atoms with Crippen molar-refractivity contribution in [3.05, 3.63) is 29.8 Å². The van der Waals surface area contributed by atoms with E-state index in [0.717, 1.165) is 25.5 Å². The van der Waals surface area contributed by atoms with E-state index in [1.807, 2.05) is 30.3 Å². The number of hydrogen-bond donors (Lipinski definition) is 1. The summed E-state index contributed by atoms with van der Waals surface area (Å²) in [7, 11) is 0. The van der Waals surface area contributed by atoms with Gasteiger partial charge in [0.2, 0.25) is 0 Å². The third-order valence-corrected chi connectivity index (χ3v) is 2.46. The van der Waals surface area contributed by atoms with Crippen LogP contribution in [0.1, 0.15) is 5.56 Å². The van der Waals surface area contributed by atoms with E-state index in [1.54, 1.807) is 0 Å². The van der Waals surface area contributed by atoms with Gasteiger partial charge in [0, 0.05) is 6.54 Å². The van der Waals surface area contributed by atoms with Crippen LogP contribution in [0.15, 0.2) is 24.3 Å². The van der Waals surface area contributed by atoms with Crippen molar-refractivity contribution in [2.24, 2.45) is 0 Å².